The fourth-order valence-corrected chi connectivity index (χ4v) is 2.73. The summed E-state index contributed by atoms with van der Waals surface area (Å²) < 4.78 is 18.4. The topological polar surface area (TPSA) is 26.0 Å². The van der Waals surface area contributed by atoms with Crippen LogP contribution in [0, 0.1) is 26.6 Å². The fraction of sp³-hybridized carbons (Fsp3) is 0.167. The summed E-state index contributed by atoms with van der Waals surface area (Å²) in [4.78, 5) is 0. The number of aromatic nitrogens is 1. The van der Waals surface area contributed by atoms with Crippen molar-refractivity contribution in [3.63, 3.8) is 0 Å². The first-order valence-electron chi connectivity index (χ1n) is 6.85. The van der Waals surface area contributed by atoms with Gasteiger partial charge in [-0.05, 0) is 56.2 Å². The smallest absolute Gasteiger partial charge is 0.167 e. The molecule has 2 nitrogen and oxygen atoms in total. The molecule has 0 aliphatic carbocycles. The predicted molar refractivity (Wildman–Crippen MR) is 81.5 cm³/mol. The van der Waals surface area contributed by atoms with Crippen LogP contribution in [0.25, 0.3) is 22.6 Å². The van der Waals surface area contributed by atoms with Crippen LogP contribution in [-0.4, -0.2) is 5.16 Å². The minimum atomic E-state index is -0.260. The van der Waals surface area contributed by atoms with E-state index in [2.05, 4.69) is 38.1 Å². The fourth-order valence-electron chi connectivity index (χ4n) is 2.73. The Bertz CT molecular complexity index is 764. The molecule has 0 saturated carbocycles. The second-order valence-corrected chi connectivity index (χ2v) is 5.36. The molecule has 0 bridgehead atoms. The molecule has 2 aromatic carbocycles. The van der Waals surface area contributed by atoms with Crippen molar-refractivity contribution in [2.45, 2.75) is 20.8 Å². The molecule has 0 saturated heterocycles. The molecule has 0 spiro atoms. The van der Waals surface area contributed by atoms with E-state index in [0.717, 1.165) is 16.8 Å². The highest BCUT2D eigenvalue weighted by molar-refractivity contribution is 5.71. The summed E-state index contributed by atoms with van der Waals surface area (Å²) in [6.45, 7) is 6.22. The molecular weight excluding hydrogens is 265 g/mol. The summed E-state index contributed by atoms with van der Waals surface area (Å²) in [6.07, 6.45) is 0. The van der Waals surface area contributed by atoms with Crippen LogP contribution < -0.4 is 0 Å². The first kappa shape index (κ1) is 13.6. The van der Waals surface area contributed by atoms with Gasteiger partial charge in [0.25, 0.3) is 0 Å². The van der Waals surface area contributed by atoms with E-state index in [4.69, 9.17) is 4.52 Å². The van der Waals surface area contributed by atoms with E-state index in [9.17, 15) is 4.39 Å². The molecule has 0 unspecified atom stereocenters. The molecular formula is C18H16FNO. The lowest BCUT2D eigenvalue weighted by Crippen LogP contribution is -1.89. The van der Waals surface area contributed by atoms with Crippen molar-refractivity contribution >= 4 is 0 Å². The number of nitrogens with zero attached hydrogens (tertiary/aromatic N) is 1. The minimum absolute atomic E-state index is 0.260. The molecule has 0 atom stereocenters. The van der Waals surface area contributed by atoms with E-state index in [1.165, 1.54) is 28.8 Å². The number of halogens is 1. The Hall–Kier alpha value is -2.42. The molecule has 3 rings (SSSR count). The van der Waals surface area contributed by atoms with Gasteiger partial charge in [0.05, 0.1) is 0 Å². The van der Waals surface area contributed by atoms with Gasteiger partial charge in [0.2, 0.25) is 0 Å². The first-order chi connectivity index (χ1) is 10.0. The zero-order valence-corrected chi connectivity index (χ0v) is 12.3. The molecule has 0 aliphatic heterocycles. The Morgan fingerprint density at radius 2 is 1.52 bits per heavy atom. The largest absolute Gasteiger partial charge is 0.356 e. The molecule has 0 aliphatic rings. The van der Waals surface area contributed by atoms with Gasteiger partial charge in [0.1, 0.15) is 11.5 Å². The summed E-state index contributed by atoms with van der Waals surface area (Å²) in [5, 5.41) is 4.17. The van der Waals surface area contributed by atoms with Crippen LogP contribution in [0.15, 0.2) is 47.0 Å². The molecule has 3 heteroatoms. The van der Waals surface area contributed by atoms with Gasteiger partial charge in [-0.1, -0.05) is 22.9 Å². The Morgan fingerprint density at radius 3 is 2.14 bits per heavy atom. The van der Waals surface area contributed by atoms with Crippen LogP contribution in [0.1, 0.15) is 16.7 Å². The third kappa shape index (κ3) is 2.59. The van der Waals surface area contributed by atoms with Crippen molar-refractivity contribution in [3.05, 3.63) is 65.0 Å². The zero-order valence-electron chi connectivity index (χ0n) is 12.3. The van der Waals surface area contributed by atoms with Gasteiger partial charge >= 0.3 is 0 Å². The minimum Gasteiger partial charge on any atom is -0.356 e. The normalized spacial score (nSPS) is 10.9. The standard InChI is InChI=1S/C18H16FNO/c1-11-8-12(2)18(13(3)9-11)16-10-17(21-20-16)14-4-6-15(19)7-5-14/h4-10H,1-3H3. The van der Waals surface area contributed by atoms with Gasteiger partial charge in [-0.25, -0.2) is 4.39 Å². The third-order valence-corrected chi connectivity index (χ3v) is 3.57. The monoisotopic (exact) mass is 281 g/mol. The molecule has 0 amide bonds. The van der Waals surface area contributed by atoms with Crippen molar-refractivity contribution in [2.24, 2.45) is 0 Å². The highest BCUT2D eigenvalue weighted by Crippen LogP contribution is 2.31. The van der Waals surface area contributed by atoms with Crippen molar-refractivity contribution in [3.8, 4) is 22.6 Å². The van der Waals surface area contributed by atoms with E-state index in [0.29, 0.717) is 5.76 Å². The molecule has 0 N–H and O–H groups in total. The van der Waals surface area contributed by atoms with Gasteiger partial charge in [0.15, 0.2) is 5.76 Å². The molecule has 1 heterocycles. The molecule has 21 heavy (non-hydrogen) atoms. The maximum atomic E-state index is 13.0. The summed E-state index contributed by atoms with van der Waals surface area (Å²) in [5.74, 6) is 0.382. The van der Waals surface area contributed by atoms with Crippen LogP contribution in [0.3, 0.4) is 0 Å². The summed E-state index contributed by atoms with van der Waals surface area (Å²) >= 11 is 0. The van der Waals surface area contributed by atoms with E-state index in [1.807, 2.05) is 6.07 Å². The van der Waals surface area contributed by atoms with Crippen LogP contribution in [0.4, 0.5) is 4.39 Å². The number of hydrogen-bond donors (Lipinski definition) is 0. The number of rotatable bonds is 2. The van der Waals surface area contributed by atoms with Gasteiger partial charge < -0.3 is 4.52 Å². The summed E-state index contributed by atoms with van der Waals surface area (Å²) in [6, 6.07) is 12.4. The Labute approximate surface area is 123 Å². The van der Waals surface area contributed by atoms with Crippen LogP contribution >= 0.6 is 0 Å². The predicted octanol–water partition coefficient (Wildman–Crippen LogP) is 5.07. The SMILES string of the molecule is Cc1cc(C)c(-c2cc(-c3ccc(F)cc3)on2)c(C)c1. The number of hydrogen-bond acceptors (Lipinski definition) is 2. The number of benzene rings is 2. The highest BCUT2D eigenvalue weighted by atomic mass is 19.1. The lowest BCUT2D eigenvalue weighted by molar-refractivity contribution is 0.435. The molecule has 0 fully saturated rings. The Balaban J connectivity index is 2.05. The average molecular weight is 281 g/mol. The summed E-state index contributed by atoms with van der Waals surface area (Å²) in [5.41, 5.74) is 6.30. The maximum absolute atomic E-state index is 13.0. The van der Waals surface area contributed by atoms with Crippen LogP contribution in [0.2, 0.25) is 0 Å². The molecule has 106 valence electrons. The zero-order chi connectivity index (χ0) is 15.0. The lowest BCUT2D eigenvalue weighted by atomic mass is 9.97. The quantitative estimate of drug-likeness (QED) is 0.655. The van der Waals surface area contributed by atoms with Crippen molar-refractivity contribution in [2.75, 3.05) is 0 Å². The Kier molecular flexibility index (Phi) is 3.34. The van der Waals surface area contributed by atoms with E-state index in [1.54, 1.807) is 12.1 Å². The van der Waals surface area contributed by atoms with Crippen LogP contribution in [-0.2, 0) is 0 Å². The molecule has 0 radical (unpaired) electrons. The van der Waals surface area contributed by atoms with Crippen LogP contribution in [0.5, 0.6) is 0 Å². The summed E-state index contributed by atoms with van der Waals surface area (Å²) in [7, 11) is 0. The van der Waals surface area contributed by atoms with Crippen molar-refractivity contribution in [1.29, 1.82) is 0 Å². The van der Waals surface area contributed by atoms with Crippen molar-refractivity contribution in [1.82, 2.24) is 5.16 Å². The molecule has 3 aromatic rings. The van der Waals surface area contributed by atoms with Crippen molar-refractivity contribution < 1.29 is 8.91 Å². The second kappa shape index (κ2) is 5.17. The second-order valence-electron chi connectivity index (χ2n) is 5.36. The highest BCUT2D eigenvalue weighted by Gasteiger charge is 2.13. The van der Waals surface area contributed by atoms with Gasteiger partial charge in [-0.3, -0.25) is 0 Å². The van der Waals surface area contributed by atoms with Gasteiger partial charge in [-0.15, -0.1) is 0 Å². The lowest BCUT2D eigenvalue weighted by Gasteiger charge is -2.07. The maximum Gasteiger partial charge on any atom is 0.167 e. The van der Waals surface area contributed by atoms with Gasteiger partial charge in [0, 0.05) is 17.2 Å². The number of aryl methyl sites for hydroxylation is 3. The van der Waals surface area contributed by atoms with E-state index >= 15 is 0 Å². The Morgan fingerprint density at radius 1 is 0.905 bits per heavy atom. The van der Waals surface area contributed by atoms with E-state index in [-0.39, 0.29) is 5.82 Å². The first-order valence-corrected chi connectivity index (χ1v) is 6.85. The van der Waals surface area contributed by atoms with Gasteiger partial charge in [-0.2, -0.15) is 0 Å². The third-order valence-electron chi connectivity index (χ3n) is 3.57. The van der Waals surface area contributed by atoms with E-state index < -0.39 is 0 Å². The molecule has 1 aromatic heterocycles. The average Bonchev–Trinajstić information content (AvgIpc) is 2.87.